The van der Waals surface area contributed by atoms with Gasteiger partial charge in [0.25, 0.3) is 0 Å². The van der Waals surface area contributed by atoms with E-state index in [-0.39, 0.29) is 11.5 Å². The molecule has 6 fully saturated rings. The van der Waals surface area contributed by atoms with Gasteiger partial charge in [-0.3, -0.25) is 4.79 Å². The van der Waals surface area contributed by atoms with Gasteiger partial charge in [0.2, 0.25) is 0 Å². The van der Waals surface area contributed by atoms with E-state index in [1.165, 1.54) is 32.1 Å². The lowest BCUT2D eigenvalue weighted by atomic mass is 9.44. The van der Waals surface area contributed by atoms with Gasteiger partial charge in [-0.25, -0.2) is 0 Å². The van der Waals surface area contributed by atoms with E-state index in [2.05, 4.69) is 27.7 Å². The van der Waals surface area contributed by atoms with Crippen molar-refractivity contribution in [2.75, 3.05) is 13.7 Å². The SMILES string of the molecule is CO[C@H]1CC[C@@]2(C)[C@@H](CC[C@@H]3[C@@H]2CC(=O)[C@]2(C)[C@@H]4[C@H](C[C@@H]32)O[C@]2(CC[C@@H](C)CO2)[C@H]4C)C1. The first kappa shape index (κ1) is 22.0. The third-order valence-corrected chi connectivity index (χ3v) is 12.1. The number of ether oxygens (including phenoxy) is 3. The van der Waals surface area contributed by atoms with Crippen molar-refractivity contribution >= 4 is 5.78 Å². The Morgan fingerprint density at radius 1 is 1.00 bits per heavy atom. The van der Waals surface area contributed by atoms with Gasteiger partial charge in [-0.05, 0) is 80.0 Å². The third kappa shape index (κ3) is 2.75. The summed E-state index contributed by atoms with van der Waals surface area (Å²) in [6.07, 6.45) is 10.8. The number of carbonyl (C=O) groups excluding carboxylic acids is 1. The van der Waals surface area contributed by atoms with E-state index in [1.54, 1.807) is 0 Å². The fourth-order valence-electron chi connectivity index (χ4n) is 10.1. The van der Waals surface area contributed by atoms with E-state index in [0.717, 1.165) is 38.2 Å². The molecular weight excluding hydrogens is 400 g/mol. The molecule has 4 heteroatoms. The highest BCUT2D eigenvalue weighted by atomic mass is 16.7. The van der Waals surface area contributed by atoms with E-state index >= 15 is 0 Å². The summed E-state index contributed by atoms with van der Waals surface area (Å²) in [6, 6.07) is 0. The van der Waals surface area contributed by atoms with E-state index in [0.29, 0.717) is 52.8 Å². The molecule has 0 unspecified atom stereocenters. The summed E-state index contributed by atoms with van der Waals surface area (Å²) in [6.45, 7) is 10.3. The van der Waals surface area contributed by atoms with Crippen molar-refractivity contribution in [1.82, 2.24) is 0 Å². The number of Topliss-reactive ketones (excluding diaryl/α,β-unsaturated/α-hetero) is 1. The highest BCUT2D eigenvalue weighted by Crippen LogP contribution is 2.70. The maximum Gasteiger partial charge on any atom is 0.171 e. The Labute approximate surface area is 194 Å². The van der Waals surface area contributed by atoms with Crippen LogP contribution in [0.2, 0.25) is 0 Å². The number of rotatable bonds is 1. The molecule has 12 atom stereocenters. The average molecular weight is 445 g/mol. The molecule has 180 valence electrons. The number of hydrogen-bond donors (Lipinski definition) is 0. The Kier molecular flexibility index (Phi) is 5.01. The molecule has 0 aromatic heterocycles. The van der Waals surface area contributed by atoms with Crippen molar-refractivity contribution in [3.05, 3.63) is 0 Å². The van der Waals surface area contributed by atoms with E-state index < -0.39 is 5.79 Å². The molecule has 0 radical (unpaired) electrons. The first-order valence-corrected chi connectivity index (χ1v) is 13.6. The van der Waals surface area contributed by atoms with Crippen molar-refractivity contribution in [2.45, 2.75) is 103 Å². The van der Waals surface area contributed by atoms with Crippen LogP contribution in [0.3, 0.4) is 0 Å². The number of methoxy groups -OCH3 is 1. The number of fused-ring (bicyclic) bond motifs is 7. The summed E-state index contributed by atoms with van der Waals surface area (Å²) in [4.78, 5) is 14.1. The van der Waals surface area contributed by atoms with Crippen LogP contribution in [0.25, 0.3) is 0 Å². The van der Waals surface area contributed by atoms with Gasteiger partial charge < -0.3 is 14.2 Å². The zero-order valence-corrected chi connectivity index (χ0v) is 20.9. The molecule has 6 aliphatic rings. The predicted molar refractivity (Wildman–Crippen MR) is 123 cm³/mol. The Morgan fingerprint density at radius 2 is 1.81 bits per heavy atom. The Balaban J connectivity index is 1.28. The smallest absolute Gasteiger partial charge is 0.171 e. The van der Waals surface area contributed by atoms with Gasteiger partial charge >= 0.3 is 0 Å². The lowest BCUT2D eigenvalue weighted by Crippen LogP contribution is -2.58. The van der Waals surface area contributed by atoms with Crippen LogP contribution in [0, 0.1) is 52.3 Å². The zero-order chi connectivity index (χ0) is 22.5. The molecule has 0 N–H and O–H groups in total. The molecule has 32 heavy (non-hydrogen) atoms. The lowest BCUT2D eigenvalue weighted by molar-refractivity contribution is -0.272. The van der Waals surface area contributed by atoms with E-state index in [9.17, 15) is 4.79 Å². The van der Waals surface area contributed by atoms with Crippen LogP contribution in [0.15, 0.2) is 0 Å². The third-order valence-electron chi connectivity index (χ3n) is 12.1. The molecular formula is C28H44O4. The van der Waals surface area contributed by atoms with Crippen molar-refractivity contribution in [1.29, 1.82) is 0 Å². The second-order valence-electron chi connectivity index (χ2n) is 13.2. The number of hydrogen-bond acceptors (Lipinski definition) is 4. The molecule has 4 saturated carbocycles. The summed E-state index contributed by atoms with van der Waals surface area (Å²) in [5.41, 5.74) is 0.0804. The summed E-state index contributed by atoms with van der Waals surface area (Å²) >= 11 is 0. The fraction of sp³-hybridized carbons (Fsp3) is 0.964. The average Bonchev–Trinajstić information content (AvgIpc) is 3.22. The molecule has 0 aromatic carbocycles. The molecule has 6 rings (SSSR count). The minimum absolute atomic E-state index is 0.200. The summed E-state index contributed by atoms with van der Waals surface area (Å²) in [5.74, 6) is 3.80. The van der Waals surface area contributed by atoms with Gasteiger partial charge in [0, 0.05) is 37.2 Å². The number of ketones is 1. The fourth-order valence-corrected chi connectivity index (χ4v) is 10.1. The maximum atomic E-state index is 14.1. The summed E-state index contributed by atoms with van der Waals surface area (Å²) in [5, 5.41) is 0. The Bertz CT molecular complexity index is 771. The van der Waals surface area contributed by atoms with Crippen molar-refractivity contribution in [2.24, 2.45) is 52.3 Å². The molecule has 0 bridgehead atoms. The van der Waals surface area contributed by atoms with Crippen molar-refractivity contribution in [3.63, 3.8) is 0 Å². The van der Waals surface area contributed by atoms with Gasteiger partial charge in [0.15, 0.2) is 5.79 Å². The molecule has 4 nitrogen and oxygen atoms in total. The molecule has 2 saturated heterocycles. The molecule has 2 aliphatic heterocycles. The van der Waals surface area contributed by atoms with Crippen LogP contribution in [-0.4, -0.2) is 37.5 Å². The van der Waals surface area contributed by atoms with Crippen LogP contribution in [0.1, 0.15) is 85.5 Å². The topological polar surface area (TPSA) is 44.8 Å². The van der Waals surface area contributed by atoms with Crippen LogP contribution < -0.4 is 0 Å². The zero-order valence-electron chi connectivity index (χ0n) is 20.9. The van der Waals surface area contributed by atoms with Gasteiger partial charge in [-0.15, -0.1) is 0 Å². The van der Waals surface area contributed by atoms with Crippen molar-refractivity contribution in [3.8, 4) is 0 Å². The molecule has 1 spiro atoms. The highest BCUT2D eigenvalue weighted by molar-refractivity contribution is 5.87. The Morgan fingerprint density at radius 3 is 2.53 bits per heavy atom. The minimum Gasteiger partial charge on any atom is -0.381 e. The first-order chi connectivity index (χ1) is 15.2. The van der Waals surface area contributed by atoms with Crippen LogP contribution in [0.5, 0.6) is 0 Å². The molecule has 2 heterocycles. The predicted octanol–water partition coefficient (Wildman–Crippen LogP) is 5.63. The quantitative estimate of drug-likeness (QED) is 0.526. The van der Waals surface area contributed by atoms with Gasteiger partial charge in [0.05, 0.1) is 18.8 Å². The van der Waals surface area contributed by atoms with Crippen molar-refractivity contribution < 1.29 is 19.0 Å². The van der Waals surface area contributed by atoms with E-state index in [1.807, 2.05) is 7.11 Å². The Hall–Kier alpha value is -0.450. The lowest BCUT2D eigenvalue weighted by Gasteiger charge is -2.60. The highest BCUT2D eigenvalue weighted by Gasteiger charge is 2.71. The minimum atomic E-state index is -0.435. The standard InChI is InChI=1S/C28H44O4/c1-16-8-11-28(31-15-16)17(2)25-23(32-28)13-22-20-7-6-18-12-19(30-5)9-10-26(18,3)21(20)14-24(29)27(22,25)4/h16-23,25H,6-15H2,1-5H3/t16-,17+,18+,19+,20-,21+,22+,23+,25+,26+,27-,28-/m1/s1. The van der Waals surface area contributed by atoms with Gasteiger partial charge in [-0.1, -0.05) is 27.7 Å². The molecule has 4 aliphatic carbocycles. The monoisotopic (exact) mass is 444 g/mol. The second kappa shape index (κ2) is 7.28. The largest absolute Gasteiger partial charge is 0.381 e. The molecule has 0 amide bonds. The summed E-state index contributed by atoms with van der Waals surface area (Å²) < 4.78 is 19.0. The normalized spacial score (nSPS) is 59.4. The van der Waals surface area contributed by atoms with Gasteiger partial charge in [-0.2, -0.15) is 0 Å². The maximum absolute atomic E-state index is 14.1. The molecule has 0 aromatic rings. The first-order valence-electron chi connectivity index (χ1n) is 13.6. The van der Waals surface area contributed by atoms with Crippen LogP contribution in [-0.2, 0) is 19.0 Å². The van der Waals surface area contributed by atoms with E-state index in [4.69, 9.17) is 14.2 Å². The van der Waals surface area contributed by atoms with Gasteiger partial charge in [0.1, 0.15) is 5.78 Å². The van der Waals surface area contributed by atoms with Crippen LogP contribution in [0.4, 0.5) is 0 Å². The summed E-state index contributed by atoms with van der Waals surface area (Å²) in [7, 11) is 1.87. The second-order valence-corrected chi connectivity index (χ2v) is 13.2. The number of carbonyl (C=O) groups is 1. The van der Waals surface area contributed by atoms with Crippen LogP contribution >= 0.6 is 0 Å².